The molecule has 1 N–H and O–H groups in total. The summed E-state index contributed by atoms with van der Waals surface area (Å²) in [7, 11) is 0. The van der Waals surface area contributed by atoms with Crippen molar-refractivity contribution in [2.75, 3.05) is 6.54 Å². The summed E-state index contributed by atoms with van der Waals surface area (Å²) in [6.07, 6.45) is 3.81. The first-order valence-corrected chi connectivity index (χ1v) is 6.79. The Morgan fingerprint density at radius 1 is 0.889 bits per heavy atom. The maximum Gasteiger partial charge on any atom is 0.0108 e. The van der Waals surface area contributed by atoms with Crippen molar-refractivity contribution in [3.8, 4) is 11.1 Å². The molecule has 1 atom stereocenters. The van der Waals surface area contributed by atoms with Crippen LogP contribution in [0.5, 0.6) is 0 Å². The lowest BCUT2D eigenvalue weighted by molar-refractivity contribution is 0.603. The van der Waals surface area contributed by atoms with Crippen molar-refractivity contribution >= 4 is 0 Å². The monoisotopic (exact) mass is 237 g/mol. The predicted molar refractivity (Wildman–Crippen MR) is 76.6 cm³/mol. The van der Waals surface area contributed by atoms with E-state index in [2.05, 4.69) is 59.9 Å². The summed E-state index contributed by atoms with van der Waals surface area (Å²) in [4.78, 5) is 0. The molecule has 0 bridgehead atoms. The molecule has 0 aliphatic carbocycles. The van der Waals surface area contributed by atoms with Crippen LogP contribution < -0.4 is 5.32 Å². The van der Waals surface area contributed by atoms with Gasteiger partial charge in [-0.2, -0.15) is 0 Å². The first-order valence-electron chi connectivity index (χ1n) is 6.79. The molecular formula is C17H19N. The van der Waals surface area contributed by atoms with E-state index in [1.807, 2.05) is 0 Å². The van der Waals surface area contributed by atoms with E-state index in [9.17, 15) is 0 Å². The first-order chi connectivity index (χ1) is 8.92. The molecule has 2 aromatic rings. The maximum absolute atomic E-state index is 3.55. The Kier molecular flexibility index (Phi) is 3.42. The highest BCUT2D eigenvalue weighted by molar-refractivity contribution is 5.63. The summed E-state index contributed by atoms with van der Waals surface area (Å²) < 4.78 is 0. The Balaban J connectivity index is 1.72. The molecule has 1 aliphatic rings. The number of hydrogen-bond acceptors (Lipinski definition) is 1. The summed E-state index contributed by atoms with van der Waals surface area (Å²) in [6, 6.07) is 20.2. The number of hydrogen-bond donors (Lipinski definition) is 1. The standard InChI is InChI=1S/C17H19N/c1-2-5-15(6-3-1)16-10-8-14(9-11-16)13-17-7-4-12-18-17/h1-3,5-6,8-11,17-18H,4,7,12-13H2. The van der Waals surface area contributed by atoms with E-state index in [1.165, 1.54) is 36.1 Å². The second-order valence-corrected chi connectivity index (χ2v) is 5.06. The topological polar surface area (TPSA) is 12.0 Å². The third-order valence-electron chi connectivity index (χ3n) is 3.71. The molecule has 0 spiro atoms. The summed E-state index contributed by atoms with van der Waals surface area (Å²) >= 11 is 0. The second-order valence-electron chi connectivity index (χ2n) is 5.06. The zero-order valence-corrected chi connectivity index (χ0v) is 10.6. The highest BCUT2D eigenvalue weighted by atomic mass is 14.9. The SMILES string of the molecule is c1ccc(-c2ccc(CC3CCCN3)cc2)cc1. The molecule has 0 radical (unpaired) electrons. The van der Waals surface area contributed by atoms with Crippen LogP contribution in [0.4, 0.5) is 0 Å². The average molecular weight is 237 g/mol. The van der Waals surface area contributed by atoms with Crippen LogP contribution in [0.3, 0.4) is 0 Å². The van der Waals surface area contributed by atoms with Gasteiger partial charge in [0.15, 0.2) is 0 Å². The molecular weight excluding hydrogens is 218 g/mol. The van der Waals surface area contributed by atoms with Gasteiger partial charge in [0.2, 0.25) is 0 Å². The van der Waals surface area contributed by atoms with Gasteiger partial charge in [-0.3, -0.25) is 0 Å². The third kappa shape index (κ3) is 2.62. The molecule has 1 unspecified atom stereocenters. The quantitative estimate of drug-likeness (QED) is 0.859. The van der Waals surface area contributed by atoms with E-state index < -0.39 is 0 Å². The van der Waals surface area contributed by atoms with Crippen LogP contribution >= 0.6 is 0 Å². The van der Waals surface area contributed by atoms with Crippen LogP contribution in [0, 0.1) is 0 Å². The van der Waals surface area contributed by atoms with Gasteiger partial charge in [-0.1, -0.05) is 54.6 Å². The molecule has 1 aliphatic heterocycles. The van der Waals surface area contributed by atoms with Gasteiger partial charge in [-0.05, 0) is 42.5 Å². The highest BCUT2D eigenvalue weighted by Crippen LogP contribution is 2.20. The lowest BCUT2D eigenvalue weighted by atomic mass is 10.0. The highest BCUT2D eigenvalue weighted by Gasteiger charge is 2.13. The first kappa shape index (κ1) is 11.5. The molecule has 1 saturated heterocycles. The van der Waals surface area contributed by atoms with Gasteiger partial charge < -0.3 is 5.32 Å². The van der Waals surface area contributed by atoms with Crippen molar-refractivity contribution in [2.45, 2.75) is 25.3 Å². The van der Waals surface area contributed by atoms with Gasteiger partial charge in [-0.25, -0.2) is 0 Å². The van der Waals surface area contributed by atoms with E-state index in [1.54, 1.807) is 0 Å². The van der Waals surface area contributed by atoms with Crippen LogP contribution in [-0.4, -0.2) is 12.6 Å². The fourth-order valence-corrected chi connectivity index (χ4v) is 2.68. The van der Waals surface area contributed by atoms with E-state index in [0.29, 0.717) is 6.04 Å². The smallest absolute Gasteiger partial charge is 0.0108 e. The van der Waals surface area contributed by atoms with Crippen LogP contribution in [0.25, 0.3) is 11.1 Å². The Bertz CT molecular complexity index is 481. The van der Waals surface area contributed by atoms with Crippen molar-refractivity contribution in [2.24, 2.45) is 0 Å². The lowest BCUT2D eigenvalue weighted by Gasteiger charge is -2.10. The molecule has 0 saturated carbocycles. The summed E-state index contributed by atoms with van der Waals surface area (Å²) in [6.45, 7) is 1.19. The Hall–Kier alpha value is -1.60. The van der Waals surface area contributed by atoms with E-state index in [-0.39, 0.29) is 0 Å². The van der Waals surface area contributed by atoms with Gasteiger partial charge >= 0.3 is 0 Å². The van der Waals surface area contributed by atoms with E-state index in [4.69, 9.17) is 0 Å². The summed E-state index contributed by atoms with van der Waals surface area (Å²) in [5.74, 6) is 0. The molecule has 18 heavy (non-hydrogen) atoms. The molecule has 0 amide bonds. The van der Waals surface area contributed by atoms with Gasteiger partial charge in [0, 0.05) is 6.04 Å². The lowest BCUT2D eigenvalue weighted by Crippen LogP contribution is -2.23. The molecule has 1 heterocycles. The largest absolute Gasteiger partial charge is 0.314 e. The fraction of sp³-hybridized carbons (Fsp3) is 0.294. The minimum Gasteiger partial charge on any atom is -0.314 e. The molecule has 2 aromatic carbocycles. The summed E-state index contributed by atoms with van der Waals surface area (Å²) in [5, 5.41) is 3.55. The fourth-order valence-electron chi connectivity index (χ4n) is 2.68. The Labute approximate surface area is 109 Å². The van der Waals surface area contributed by atoms with Crippen molar-refractivity contribution in [3.63, 3.8) is 0 Å². The Morgan fingerprint density at radius 2 is 1.61 bits per heavy atom. The number of nitrogens with one attached hydrogen (secondary N) is 1. The average Bonchev–Trinajstić information content (AvgIpc) is 2.94. The zero-order chi connectivity index (χ0) is 12.2. The molecule has 1 heteroatoms. The van der Waals surface area contributed by atoms with E-state index in [0.717, 1.165) is 6.42 Å². The van der Waals surface area contributed by atoms with Crippen molar-refractivity contribution in [3.05, 3.63) is 60.2 Å². The zero-order valence-electron chi connectivity index (χ0n) is 10.6. The molecule has 3 rings (SSSR count). The molecule has 0 aromatic heterocycles. The van der Waals surface area contributed by atoms with Gasteiger partial charge in [0.05, 0.1) is 0 Å². The van der Waals surface area contributed by atoms with Crippen LogP contribution in [0.15, 0.2) is 54.6 Å². The van der Waals surface area contributed by atoms with Crippen molar-refractivity contribution < 1.29 is 0 Å². The van der Waals surface area contributed by atoms with Crippen LogP contribution in [0.2, 0.25) is 0 Å². The van der Waals surface area contributed by atoms with Crippen LogP contribution in [-0.2, 0) is 6.42 Å². The second kappa shape index (κ2) is 5.36. The van der Waals surface area contributed by atoms with E-state index >= 15 is 0 Å². The Morgan fingerprint density at radius 3 is 2.28 bits per heavy atom. The normalized spacial score (nSPS) is 19.0. The molecule has 1 nitrogen and oxygen atoms in total. The van der Waals surface area contributed by atoms with Gasteiger partial charge in [0.1, 0.15) is 0 Å². The van der Waals surface area contributed by atoms with Crippen molar-refractivity contribution in [1.29, 1.82) is 0 Å². The number of benzene rings is 2. The van der Waals surface area contributed by atoms with Gasteiger partial charge in [-0.15, -0.1) is 0 Å². The maximum atomic E-state index is 3.55. The minimum absolute atomic E-state index is 0.688. The summed E-state index contributed by atoms with van der Waals surface area (Å²) in [5.41, 5.74) is 4.04. The van der Waals surface area contributed by atoms with Crippen LogP contribution in [0.1, 0.15) is 18.4 Å². The predicted octanol–water partition coefficient (Wildman–Crippen LogP) is 3.65. The van der Waals surface area contributed by atoms with Gasteiger partial charge in [0.25, 0.3) is 0 Å². The minimum atomic E-state index is 0.688. The van der Waals surface area contributed by atoms with Crippen molar-refractivity contribution in [1.82, 2.24) is 5.32 Å². The molecule has 1 fully saturated rings. The molecule has 92 valence electrons. The third-order valence-corrected chi connectivity index (χ3v) is 3.71. The number of rotatable bonds is 3.